The highest BCUT2D eigenvalue weighted by atomic mass is 16.5. The zero-order valence-electron chi connectivity index (χ0n) is 15.5. The van der Waals surface area contributed by atoms with E-state index in [0.29, 0.717) is 17.7 Å². The van der Waals surface area contributed by atoms with Gasteiger partial charge in [-0.25, -0.2) is 0 Å². The van der Waals surface area contributed by atoms with Crippen LogP contribution in [-0.4, -0.2) is 18.0 Å². The lowest BCUT2D eigenvalue weighted by Gasteiger charge is -2.09. The topological polar surface area (TPSA) is 46.5 Å². The molecule has 1 rings (SSSR count). The second-order valence-corrected chi connectivity index (χ2v) is 6.56. The average Bonchev–Trinajstić information content (AvgIpc) is 2.59. The fourth-order valence-electron chi connectivity index (χ4n) is 3.04. The molecular weight excluding hydrogens is 300 g/mol. The smallest absolute Gasteiger partial charge is 0.170 e. The normalized spacial score (nSPS) is 10.8. The first-order chi connectivity index (χ1) is 11.7. The molecule has 0 heterocycles. The Morgan fingerprint density at radius 3 is 2.00 bits per heavy atom. The van der Waals surface area contributed by atoms with Crippen LogP contribution in [0.15, 0.2) is 18.2 Å². The Labute approximate surface area is 147 Å². The molecule has 0 saturated heterocycles. The first-order valence-corrected chi connectivity index (χ1v) is 9.59. The number of phenolic OH excluding ortho intramolecular Hbond substituents is 1. The molecule has 0 aliphatic carbocycles. The number of hydrogen-bond acceptors (Lipinski definition) is 3. The average molecular weight is 334 g/mol. The Kier molecular flexibility index (Phi) is 11.0. The molecule has 136 valence electrons. The highest BCUT2D eigenvalue weighted by molar-refractivity contribution is 6.01. The molecule has 1 N–H and O–H groups in total. The van der Waals surface area contributed by atoms with Crippen molar-refractivity contribution in [2.75, 3.05) is 7.11 Å². The third-order valence-corrected chi connectivity index (χ3v) is 4.51. The van der Waals surface area contributed by atoms with Crippen molar-refractivity contribution in [2.24, 2.45) is 0 Å². The molecule has 0 radical (unpaired) electrons. The molecule has 0 spiro atoms. The summed E-state index contributed by atoms with van der Waals surface area (Å²) in [5.74, 6) is 0.450. The van der Waals surface area contributed by atoms with E-state index in [4.69, 9.17) is 4.74 Å². The Balaban J connectivity index is 2.10. The van der Waals surface area contributed by atoms with Gasteiger partial charge in [0.25, 0.3) is 0 Å². The van der Waals surface area contributed by atoms with Crippen LogP contribution in [0.4, 0.5) is 0 Å². The van der Waals surface area contributed by atoms with Crippen molar-refractivity contribution in [1.82, 2.24) is 0 Å². The van der Waals surface area contributed by atoms with Gasteiger partial charge >= 0.3 is 0 Å². The van der Waals surface area contributed by atoms with Gasteiger partial charge in [-0.1, -0.05) is 77.2 Å². The molecule has 24 heavy (non-hydrogen) atoms. The van der Waals surface area contributed by atoms with Crippen LogP contribution >= 0.6 is 0 Å². The van der Waals surface area contributed by atoms with Gasteiger partial charge in [0, 0.05) is 6.42 Å². The molecule has 0 amide bonds. The first kappa shape index (κ1) is 20.5. The van der Waals surface area contributed by atoms with Crippen molar-refractivity contribution in [3.05, 3.63) is 23.8 Å². The van der Waals surface area contributed by atoms with Crippen molar-refractivity contribution in [1.29, 1.82) is 0 Å². The van der Waals surface area contributed by atoms with E-state index in [1.54, 1.807) is 12.1 Å². The predicted octanol–water partition coefficient (Wildman–Crippen LogP) is 6.28. The van der Waals surface area contributed by atoms with Crippen LogP contribution in [0.25, 0.3) is 0 Å². The maximum absolute atomic E-state index is 12.3. The fraction of sp³-hybridized carbons (Fsp3) is 0.667. The van der Waals surface area contributed by atoms with Gasteiger partial charge in [-0.3, -0.25) is 4.79 Å². The zero-order chi connectivity index (χ0) is 17.6. The van der Waals surface area contributed by atoms with Crippen LogP contribution < -0.4 is 4.74 Å². The highest BCUT2D eigenvalue weighted by Crippen LogP contribution is 2.29. The second kappa shape index (κ2) is 12.9. The predicted molar refractivity (Wildman–Crippen MR) is 100 cm³/mol. The van der Waals surface area contributed by atoms with Crippen LogP contribution in [-0.2, 0) is 0 Å². The maximum atomic E-state index is 12.3. The molecule has 0 bridgehead atoms. The molecule has 0 aromatic heterocycles. The van der Waals surface area contributed by atoms with E-state index < -0.39 is 0 Å². The van der Waals surface area contributed by atoms with Gasteiger partial charge in [-0.2, -0.15) is 0 Å². The minimum Gasteiger partial charge on any atom is -0.507 e. The van der Waals surface area contributed by atoms with Gasteiger partial charge in [0.05, 0.1) is 7.11 Å². The minimum absolute atomic E-state index is 0.0161. The van der Waals surface area contributed by atoms with Gasteiger partial charge in [-0.05, 0) is 18.6 Å². The monoisotopic (exact) mass is 334 g/mol. The molecule has 0 fully saturated rings. The van der Waals surface area contributed by atoms with Crippen molar-refractivity contribution >= 4 is 5.78 Å². The summed E-state index contributed by atoms with van der Waals surface area (Å²) in [5.41, 5.74) is 0.326. The zero-order valence-corrected chi connectivity index (χ0v) is 15.5. The number of methoxy groups -OCH3 is 1. The molecule has 1 aromatic rings. The highest BCUT2D eigenvalue weighted by Gasteiger charge is 2.16. The number of unbranched alkanes of at least 4 members (excludes halogenated alkanes) is 10. The quantitative estimate of drug-likeness (QED) is 0.321. The number of ether oxygens (including phenoxy) is 1. The van der Waals surface area contributed by atoms with Crippen LogP contribution in [0.1, 0.15) is 94.3 Å². The minimum atomic E-state index is -0.0270. The number of phenols is 1. The number of rotatable bonds is 14. The van der Waals surface area contributed by atoms with Crippen molar-refractivity contribution < 1.29 is 14.6 Å². The van der Waals surface area contributed by atoms with E-state index in [0.717, 1.165) is 12.8 Å². The first-order valence-electron chi connectivity index (χ1n) is 9.59. The maximum Gasteiger partial charge on any atom is 0.170 e. The lowest BCUT2D eigenvalue weighted by Crippen LogP contribution is -2.02. The lowest BCUT2D eigenvalue weighted by atomic mass is 10.0. The number of ketones is 1. The third-order valence-electron chi connectivity index (χ3n) is 4.51. The van der Waals surface area contributed by atoms with Crippen molar-refractivity contribution in [3.8, 4) is 11.5 Å². The number of carbonyl (C=O) groups excluding carboxylic acids is 1. The lowest BCUT2D eigenvalue weighted by molar-refractivity contribution is 0.0973. The molecule has 0 unspecified atom stereocenters. The molecule has 3 nitrogen and oxygen atoms in total. The second-order valence-electron chi connectivity index (χ2n) is 6.56. The number of hydrogen-bond donors (Lipinski definition) is 1. The van der Waals surface area contributed by atoms with E-state index in [9.17, 15) is 9.90 Å². The summed E-state index contributed by atoms with van der Waals surface area (Å²) in [4.78, 5) is 12.3. The standard InChI is InChI=1S/C21H34O3/c1-3-4-5-6-7-8-9-10-11-12-13-15-18(22)21-19(23)16-14-17-20(21)24-2/h14,16-17,23H,3-13,15H2,1-2H3. The van der Waals surface area contributed by atoms with Crippen LogP contribution in [0.3, 0.4) is 0 Å². The Bertz CT molecular complexity index is 468. The van der Waals surface area contributed by atoms with E-state index >= 15 is 0 Å². The summed E-state index contributed by atoms with van der Waals surface area (Å²) >= 11 is 0. The van der Waals surface area contributed by atoms with Crippen LogP contribution in [0.5, 0.6) is 11.5 Å². The van der Waals surface area contributed by atoms with Gasteiger partial charge in [0.15, 0.2) is 5.78 Å². The number of Topliss-reactive ketones (excluding diaryl/α,β-unsaturated/α-hetero) is 1. The summed E-state index contributed by atoms with van der Waals surface area (Å²) in [6.45, 7) is 2.25. The van der Waals surface area contributed by atoms with Gasteiger partial charge in [0.2, 0.25) is 0 Å². The molecular formula is C21H34O3. The van der Waals surface area contributed by atoms with Crippen LogP contribution in [0.2, 0.25) is 0 Å². The van der Waals surface area contributed by atoms with Gasteiger partial charge < -0.3 is 9.84 Å². The fourth-order valence-corrected chi connectivity index (χ4v) is 3.04. The number of carbonyl (C=O) groups is 1. The molecule has 0 aliphatic rings. The number of benzene rings is 1. The summed E-state index contributed by atoms with van der Waals surface area (Å²) in [6, 6.07) is 4.94. The largest absolute Gasteiger partial charge is 0.507 e. The molecule has 0 atom stereocenters. The molecule has 3 heteroatoms. The molecule has 0 aliphatic heterocycles. The Morgan fingerprint density at radius 2 is 1.46 bits per heavy atom. The summed E-state index contributed by atoms with van der Waals surface area (Å²) in [7, 11) is 1.52. The van der Waals surface area contributed by atoms with E-state index in [-0.39, 0.29) is 11.5 Å². The number of aromatic hydroxyl groups is 1. The van der Waals surface area contributed by atoms with Gasteiger partial charge in [0.1, 0.15) is 17.1 Å². The third kappa shape index (κ3) is 7.85. The Morgan fingerprint density at radius 1 is 0.917 bits per heavy atom. The summed E-state index contributed by atoms with van der Waals surface area (Å²) < 4.78 is 5.17. The van der Waals surface area contributed by atoms with Gasteiger partial charge in [-0.15, -0.1) is 0 Å². The summed E-state index contributed by atoms with van der Waals surface area (Å²) in [6.07, 6.45) is 14.4. The summed E-state index contributed by atoms with van der Waals surface area (Å²) in [5, 5.41) is 9.87. The Hall–Kier alpha value is -1.51. The SMILES string of the molecule is CCCCCCCCCCCCCC(=O)c1c(O)cccc1OC. The van der Waals surface area contributed by atoms with E-state index in [1.807, 2.05) is 0 Å². The molecule has 1 aromatic carbocycles. The van der Waals surface area contributed by atoms with Crippen molar-refractivity contribution in [3.63, 3.8) is 0 Å². The van der Waals surface area contributed by atoms with E-state index in [2.05, 4.69) is 6.92 Å². The van der Waals surface area contributed by atoms with Crippen LogP contribution in [0, 0.1) is 0 Å². The van der Waals surface area contributed by atoms with E-state index in [1.165, 1.54) is 71.0 Å². The van der Waals surface area contributed by atoms with Crippen molar-refractivity contribution in [2.45, 2.75) is 84.0 Å². The molecule has 0 saturated carbocycles.